The van der Waals surface area contributed by atoms with Crippen molar-refractivity contribution in [2.24, 2.45) is 0 Å². The summed E-state index contributed by atoms with van der Waals surface area (Å²) in [6.45, 7) is 0.0713. The minimum atomic E-state index is -4.17. The lowest BCUT2D eigenvalue weighted by atomic mass is 10.3. The van der Waals surface area contributed by atoms with Crippen LogP contribution in [0.1, 0.15) is 0 Å². The second-order valence-corrected chi connectivity index (χ2v) is 4.65. The van der Waals surface area contributed by atoms with Crippen LogP contribution in [0.3, 0.4) is 0 Å². The van der Waals surface area contributed by atoms with E-state index in [1.807, 2.05) is 4.72 Å². The van der Waals surface area contributed by atoms with Crippen molar-refractivity contribution < 1.29 is 21.9 Å². The highest BCUT2D eigenvalue weighted by atomic mass is 32.2. The Hall–Kier alpha value is -1.05. The summed E-state index contributed by atoms with van der Waals surface area (Å²) in [5.41, 5.74) is 0. The second-order valence-electron chi connectivity index (χ2n) is 2.94. The zero-order valence-corrected chi connectivity index (χ0v) is 9.35. The lowest BCUT2D eigenvalue weighted by Crippen LogP contribution is -2.28. The lowest BCUT2D eigenvalue weighted by molar-refractivity contribution is 0.204. The van der Waals surface area contributed by atoms with Crippen molar-refractivity contribution in [3.8, 4) is 0 Å². The monoisotopic (exact) mass is 251 g/mol. The van der Waals surface area contributed by atoms with Crippen LogP contribution in [-0.4, -0.2) is 28.7 Å². The summed E-state index contributed by atoms with van der Waals surface area (Å²) in [5.74, 6) is -2.24. The second kappa shape index (κ2) is 5.33. The summed E-state index contributed by atoms with van der Waals surface area (Å²) in [7, 11) is -2.79. The van der Waals surface area contributed by atoms with E-state index < -0.39 is 26.6 Å². The molecule has 0 fully saturated rings. The number of benzene rings is 1. The Morgan fingerprint density at radius 2 is 1.88 bits per heavy atom. The van der Waals surface area contributed by atoms with Crippen molar-refractivity contribution in [2.75, 3.05) is 20.3 Å². The molecular weight excluding hydrogens is 240 g/mol. The van der Waals surface area contributed by atoms with E-state index in [4.69, 9.17) is 0 Å². The largest absolute Gasteiger partial charge is 0.383 e. The van der Waals surface area contributed by atoms with Gasteiger partial charge >= 0.3 is 0 Å². The van der Waals surface area contributed by atoms with Crippen LogP contribution in [0.15, 0.2) is 23.1 Å². The fraction of sp³-hybridized carbons (Fsp3) is 0.333. The summed E-state index contributed by atoms with van der Waals surface area (Å²) < 4.78 is 56.0. The molecule has 0 saturated carbocycles. The van der Waals surface area contributed by atoms with Gasteiger partial charge in [-0.1, -0.05) is 6.07 Å². The third-order valence-electron chi connectivity index (χ3n) is 1.79. The minimum absolute atomic E-state index is 0.0490. The predicted molar refractivity (Wildman–Crippen MR) is 53.4 cm³/mol. The highest BCUT2D eigenvalue weighted by Gasteiger charge is 2.22. The molecule has 0 heterocycles. The maximum atomic E-state index is 13.2. The van der Waals surface area contributed by atoms with Crippen LogP contribution < -0.4 is 4.72 Å². The van der Waals surface area contributed by atoms with Crippen LogP contribution in [0.2, 0.25) is 0 Å². The Labute approximate surface area is 92.3 Å². The number of hydrogen-bond donors (Lipinski definition) is 1. The van der Waals surface area contributed by atoms with E-state index in [1.165, 1.54) is 7.11 Å². The fourth-order valence-electron chi connectivity index (χ4n) is 1.09. The molecule has 0 saturated heterocycles. The number of ether oxygens (including phenoxy) is 1. The first-order chi connectivity index (χ1) is 7.49. The Balaban J connectivity index is 2.98. The van der Waals surface area contributed by atoms with Gasteiger partial charge in [-0.25, -0.2) is 21.9 Å². The number of halogens is 2. The lowest BCUT2D eigenvalue weighted by Gasteiger charge is -2.07. The Bertz CT molecular complexity index is 442. The van der Waals surface area contributed by atoms with Crippen LogP contribution in [0.5, 0.6) is 0 Å². The summed E-state index contributed by atoms with van der Waals surface area (Å²) in [4.78, 5) is -0.967. The minimum Gasteiger partial charge on any atom is -0.383 e. The van der Waals surface area contributed by atoms with E-state index in [9.17, 15) is 17.2 Å². The molecule has 90 valence electrons. The molecule has 1 rings (SSSR count). The summed E-state index contributed by atoms with van der Waals surface area (Å²) >= 11 is 0. The number of sulfonamides is 1. The van der Waals surface area contributed by atoms with E-state index in [0.29, 0.717) is 0 Å². The molecule has 0 amide bonds. The zero-order valence-electron chi connectivity index (χ0n) is 8.54. The van der Waals surface area contributed by atoms with Crippen molar-refractivity contribution in [2.45, 2.75) is 4.90 Å². The van der Waals surface area contributed by atoms with Gasteiger partial charge in [0, 0.05) is 13.7 Å². The molecule has 0 unspecified atom stereocenters. The number of nitrogens with one attached hydrogen (secondary N) is 1. The Kier molecular flexibility index (Phi) is 4.34. The first kappa shape index (κ1) is 13.0. The van der Waals surface area contributed by atoms with E-state index in [1.54, 1.807) is 0 Å². The molecule has 0 aliphatic heterocycles. The SMILES string of the molecule is COCCNS(=O)(=O)c1c(F)cccc1F. The van der Waals surface area contributed by atoms with Gasteiger partial charge in [0.25, 0.3) is 0 Å². The van der Waals surface area contributed by atoms with Crippen molar-refractivity contribution in [1.82, 2.24) is 4.72 Å². The average molecular weight is 251 g/mol. The van der Waals surface area contributed by atoms with Crippen molar-refractivity contribution in [3.63, 3.8) is 0 Å². The molecule has 0 aliphatic rings. The molecule has 0 aliphatic carbocycles. The van der Waals surface area contributed by atoms with Gasteiger partial charge in [-0.05, 0) is 12.1 Å². The predicted octanol–water partition coefficient (Wildman–Crippen LogP) is 0.889. The van der Waals surface area contributed by atoms with Crippen LogP contribution in [-0.2, 0) is 14.8 Å². The van der Waals surface area contributed by atoms with Gasteiger partial charge in [-0.15, -0.1) is 0 Å². The third-order valence-corrected chi connectivity index (χ3v) is 3.30. The molecule has 4 nitrogen and oxygen atoms in total. The van der Waals surface area contributed by atoms with E-state index in [0.717, 1.165) is 18.2 Å². The molecule has 0 radical (unpaired) electrons. The van der Waals surface area contributed by atoms with Gasteiger partial charge in [-0.2, -0.15) is 0 Å². The number of methoxy groups -OCH3 is 1. The van der Waals surface area contributed by atoms with Gasteiger partial charge in [0.15, 0.2) is 4.90 Å². The topological polar surface area (TPSA) is 55.4 Å². The Morgan fingerprint density at radius 1 is 1.31 bits per heavy atom. The molecule has 7 heteroatoms. The molecule has 0 atom stereocenters. The maximum absolute atomic E-state index is 13.2. The van der Waals surface area contributed by atoms with Gasteiger partial charge in [0.2, 0.25) is 10.0 Å². The Morgan fingerprint density at radius 3 is 2.38 bits per heavy atom. The van der Waals surface area contributed by atoms with Gasteiger partial charge in [0.05, 0.1) is 6.61 Å². The first-order valence-corrected chi connectivity index (χ1v) is 5.90. The molecule has 1 aromatic rings. The normalized spacial score (nSPS) is 11.7. The quantitative estimate of drug-likeness (QED) is 0.791. The summed E-state index contributed by atoms with van der Waals surface area (Å²) in [6, 6.07) is 2.86. The molecule has 0 spiro atoms. The average Bonchev–Trinajstić information content (AvgIpc) is 2.17. The highest BCUT2D eigenvalue weighted by Crippen LogP contribution is 2.17. The highest BCUT2D eigenvalue weighted by molar-refractivity contribution is 7.89. The molecule has 1 N–H and O–H groups in total. The number of hydrogen-bond acceptors (Lipinski definition) is 3. The van der Waals surface area contributed by atoms with E-state index in [2.05, 4.69) is 4.74 Å². The smallest absolute Gasteiger partial charge is 0.246 e. The molecule has 1 aromatic carbocycles. The summed E-state index contributed by atoms with van der Waals surface area (Å²) in [6.07, 6.45) is 0. The van der Waals surface area contributed by atoms with E-state index in [-0.39, 0.29) is 13.2 Å². The number of rotatable bonds is 5. The molecule has 0 bridgehead atoms. The molecular formula is C9H11F2NO3S. The van der Waals surface area contributed by atoms with Crippen LogP contribution in [0.4, 0.5) is 8.78 Å². The summed E-state index contributed by atoms with van der Waals surface area (Å²) in [5, 5.41) is 0. The van der Waals surface area contributed by atoms with Gasteiger partial charge in [-0.3, -0.25) is 0 Å². The standard InChI is InChI=1S/C9H11F2NO3S/c1-15-6-5-12-16(13,14)9-7(10)3-2-4-8(9)11/h2-4,12H,5-6H2,1H3. The van der Waals surface area contributed by atoms with Crippen molar-refractivity contribution in [3.05, 3.63) is 29.8 Å². The van der Waals surface area contributed by atoms with Crippen molar-refractivity contribution in [1.29, 1.82) is 0 Å². The van der Waals surface area contributed by atoms with Gasteiger partial charge in [0.1, 0.15) is 11.6 Å². The molecule has 16 heavy (non-hydrogen) atoms. The maximum Gasteiger partial charge on any atom is 0.246 e. The van der Waals surface area contributed by atoms with Crippen molar-refractivity contribution >= 4 is 10.0 Å². The van der Waals surface area contributed by atoms with Gasteiger partial charge < -0.3 is 4.74 Å². The first-order valence-electron chi connectivity index (χ1n) is 4.41. The van der Waals surface area contributed by atoms with Crippen LogP contribution >= 0.6 is 0 Å². The van der Waals surface area contributed by atoms with Crippen LogP contribution in [0.25, 0.3) is 0 Å². The van der Waals surface area contributed by atoms with E-state index >= 15 is 0 Å². The third kappa shape index (κ3) is 2.97. The fourth-order valence-corrected chi connectivity index (χ4v) is 2.24. The van der Waals surface area contributed by atoms with Crippen LogP contribution in [0, 0.1) is 11.6 Å². The zero-order chi connectivity index (χ0) is 12.2. The molecule has 0 aromatic heterocycles.